The summed E-state index contributed by atoms with van der Waals surface area (Å²) in [5.74, 6) is 0.358. The lowest BCUT2D eigenvalue weighted by Crippen LogP contribution is -2.70. The molecule has 2 aromatic heterocycles. The van der Waals surface area contributed by atoms with Crippen LogP contribution in [0.4, 0.5) is 16.3 Å². The van der Waals surface area contributed by atoms with Crippen LogP contribution in [-0.2, 0) is 0 Å². The Hall–Kier alpha value is -3.98. The van der Waals surface area contributed by atoms with Crippen LogP contribution in [0.5, 0.6) is 0 Å². The Bertz CT molecular complexity index is 1390. The number of anilines is 2. The van der Waals surface area contributed by atoms with Gasteiger partial charge >= 0.3 is 6.03 Å². The summed E-state index contributed by atoms with van der Waals surface area (Å²) in [6.07, 6.45) is 2.53. The van der Waals surface area contributed by atoms with Gasteiger partial charge in [0, 0.05) is 18.8 Å². The van der Waals surface area contributed by atoms with Crippen molar-refractivity contribution in [3.63, 3.8) is 0 Å². The molecule has 0 aliphatic carbocycles. The fourth-order valence-corrected chi connectivity index (χ4v) is 5.83. The number of nitrogens with zero attached hydrogens (tertiary/aromatic N) is 4. The van der Waals surface area contributed by atoms with Crippen LogP contribution in [0, 0.1) is 0 Å². The molecule has 5 heterocycles. The van der Waals surface area contributed by atoms with E-state index in [0.29, 0.717) is 18.0 Å². The van der Waals surface area contributed by atoms with Crippen molar-refractivity contribution in [1.29, 1.82) is 0 Å². The normalized spacial score (nSPS) is 19.1. The van der Waals surface area contributed by atoms with Crippen LogP contribution in [0.1, 0.15) is 16.1 Å². The number of thiophene rings is 1. The lowest BCUT2D eigenvalue weighted by molar-refractivity contribution is 0.100. The molecule has 8 nitrogen and oxygen atoms in total. The van der Waals surface area contributed by atoms with E-state index in [1.807, 2.05) is 47.4 Å². The van der Waals surface area contributed by atoms with Gasteiger partial charge in [-0.1, -0.05) is 42.5 Å². The van der Waals surface area contributed by atoms with Crippen molar-refractivity contribution in [2.24, 2.45) is 5.73 Å². The Morgan fingerprint density at radius 1 is 0.971 bits per heavy atom. The third-order valence-electron chi connectivity index (χ3n) is 6.48. The number of hydrogen-bond acceptors (Lipinski definition) is 6. The van der Waals surface area contributed by atoms with E-state index in [9.17, 15) is 9.59 Å². The zero-order valence-electron chi connectivity index (χ0n) is 18.2. The Morgan fingerprint density at radius 3 is 2.50 bits per heavy atom. The number of piperidine rings is 1. The number of urea groups is 1. The smallest absolute Gasteiger partial charge is 0.321 e. The van der Waals surface area contributed by atoms with Crippen LogP contribution < -0.4 is 16.0 Å². The molecule has 9 heteroatoms. The quantitative estimate of drug-likeness (QED) is 0.470. The van der Waals surface area contributed by atoms with Crippen molar-refractivity contribution in [3.05, 3.63) is 71.9 Å². The lowest BCUT2D eigenvalue weighted by Gasteiger charge is -2.56. The fraction of sp³-hybridized carbons (Fsp3) is 0.200. The number of nitrogens with one attached hydrogen (secondary N) is 1. The number of nitrogens with two attached hydrogens (primary N) is 1. The molecule has 4 aromatic rings. The molecular formula is C25H22N6O2S. The average molecular weight is 471 g/mol. The maximum atomic E-state index is 13.0. The summed E-state index contributed by atoms with van der Waals surface area (Å²) in [6.45, 7) is 1.22. The van der Waals surface area contributed by atoms with Crippen molar-refractivity contribution in [1.82, 2.24) is 14.9 Å². The minimum Gasteiger partial charge on any atom is -0.365 e. The molecular weight excluding hydrogens is 448 g/mol. The second-order valence-corrected chi connectivity index (χ2v) is 9.67. The second-order valence-electron chi connectivity index (χ2n) is 8.62. The third kappa shape index (κ3) is 3.54. The largest absolute Gasteiger partial charge is 0.365 e. The van der Waals surface area contributed by atoms with E-state index < -0.39 is 5.91 Å². The van der Waals surface area contributed by atoms with Crippen LogP contribution >= 0.6 is 11.3 Å². The number of primary amides is 1. The van der Waals surface area contributed by atoms with Gasteiger partial charge in [0.1, 0.15) is 6.33 Å². The van der Waals surface area contributed by atoms with Crippen molar-refractivity contribution in [2.45, 2.75) is 18.5 Å². The van der Waals surface area contributed by atoms with E-state index in [1.165, 1.54) is 17.7 Å². The molecule has 0 unspecified atom stereocenters. The minimum atomic E-state index is -0.461. The molecule has 2 aromatic carbocycles. The van der Waals surface area contributed by atoms with Crippen LogP contribution in [-0.4, -0.2) is 52.0 Å². The molecule has 0 radical (unpaired) electrons. The number of rotatable bonds is 4. The molecule has 34 heavy (non-hydrogen) atoms. The lowest BCUT2D eigenvalue weighted by atomic mass is 9.87. The van der Waals surface area contributed by atoms with Crippen LogP contribution in [0.25, 0.3) is 21.3 Å². The molecule has 7 rings (SSSR count). The van der Waals surface area contributed by atoms with E-state index in [-0.39, 0.29) is 18.1 Å². The summed E-state index contributed by atoms with van der Waals surface area (Å²) in [7, 11) is 0. The number of amides is 3. The zero-order chi connectivity index (χ0) is 23.2. The van der Waals surface area contributed by atoms with E-state index in [0.717, 1.165) is 39.3 Å². The minimum absolute atomic E-state index is 0.0977. The van der Waals surface area contributed by atoms with E-state index in [1.54, 1.807) is 6.07 Å². The predicted molar refractivity (Wildman–Crippen MR) is 133 cm³/mol. The Balaban J connectivity index is 1.17. The van der Waals surface area contributed by atoms with Gasteiger partial charge in [-0.2, -0.15) is 0 Å². The molecule has 3 saturated heterocycles. The predicted octanol–water partition coefficient (Wildman–Crippen LogP) is 3.95. The van der Waals surface area contributed by atoms with Crippen molar-refractivity contribution in [3.8, 4) is 11.1 Å². The number of fused-ring (bicyclic) bond motifs is 3. The van der Waals surface area contributed by atoms with Gasteiger partial charge in [-0.15, -0.1) is 11.3 Å². The van der Waals surface area contributed by atoms with E-state index in [4.69, 9.17) is 5.73 Å². The molecule has 3 aliphatic rings. The first-order chi connectivity index (χ1) is 16.6. The summed E-state index contributed by atoms with van der Waals surface area (Å²) >= 11 is 1.32. The fourth-order valence-electron chi connectivity index (χ4n) is 4.88. The first kappa shape index (κ1) is 20.6. The van der Waals surface area contributed by atoms with Crippen molar-refractivity contribution >= 4 is 45.0 Å². The molecule has 2 atom stereocenters. The Labute approximate surface area is 200 Å². The third-order valence-corrected chi connectivity index (χ3v) is 7.62. The van der Waals surface area contributed by atoms with Gasteiger partial charge in [-0.3, -0.25) is 4.79 Å². The highest BCUT2D eigenvalue weighted by molar-refractivity contribution is 7.21. The standard InChI is InChI=1S/C25H22N6O2S/c26-23(32)21-11-20-22(34-21)24(28-14-27-20)31-18-10-19(31)13-30(12-18)25(33)29-17-8-4-7-16(9-17)15-5-2-1-3-6-15/h1-9,11,14,18-19H,10,12-13H2,(H2,26,32)(H,29,33)/t18-,19+. The maximum absolute atomic E-state index is 13.0. The molecule has 3 fully saturated rings. The van der Waals surface area contributed by atoms with Gasteiger partial charge < -0.3 is 20.9 Å². The average Bonchev–Trinajstić information content (AvgIpc) is 3.31. The van der Waals surface area contributed by atoms with Gasteiger partial charge in [0.15, 0.2) is 5.82 Å². The molecule has 0 spiro atoms. The SMILES string of the molecule is NC(=O)c1cc2ncnc(N3[C@@H]4C[C@H]3CN(C(=O)Nc3cccc(-c5ccccc5)c3)C4)c2s1. The highest BCUT2D eigenvalue weighted by Crippen LogP contribution is 2.41. The van der Waals surface area contributed by atoms with Crippen molar-refractivity contribution in [2.75, 3.05) is 23.3 Å². The first-order valence-electron chi connectivity index (χ1n) is 11.1. The molecule has 2 bridgehead atoms. The maximum Gasteiger partial charge on any atom is 0.321 e. The van der Waals surface area contributed by atoms with Gasteiger partial charge in [0.05, 0.1) is 27.2 Å². The molecule has 3 N–H and O–H groups in total. The molecule has 3 amide bonds. The van der Waals surface area contributed by atoms with Crippen LogP contribution in [0.2, 0.25) is 0 Å². The van der Waals surface area contributed by atoms with E-state index in [2.05, 4.69) is 32.3 Å². The summed E-state index contributed by atoms with van der Waals surface area (Å²) in [5.41, 5.74) is 9.13. The highest BCUT2D eigenvalue weighted by Gasteiger charge is 2.47. The highest BCUT2D eigenvalue weighted by atomic mass is 32.1. The number of hydrogen-bond donors (Lipinski definition) is 2. The zero-order valence-corrected chi connectivity index (χ0v) is 19.0. The number of piperazine rings is 1. The molecule has 0 saturated carbocycles. The van der Waals surface area contributed by atoms with Gasteiger partial charge in [-0.25, -0.2) is 14.8 Å². The molecule has 170 valence electrons. The Kier molecular flexibility index (Phi) is 4.91. The van der Waals surface area contributed by atoms with E-state index >= 15 is 0 Å². The van der Waals surface area contributed by atoms with Crippen molar-refractivity contribution < 1.29 is 9.59 Å². The monoisotopic (exact) mass is 470 g/mol. The summed E-state index contributed by atoms with van der Waals surface area (Å²) in [5, 5.41) is 3.06. The Morgan fingerprint density at radius 2 is 1.74 bits per heavy atom. The molecule has 3 aliphatic heterocycles. The number of benzene rings is 2. The summed E-state index contributed by atoms with van der Waals surface area (Å²) < 4.78 is 0.863. The number of carbonyl (C=O) groups is 2. The summed E-state index contributed by atoms with van der Waals surface area (Å²) in [6, 6.07) is 20.0. The van der Waals surface area contributed by atoms with Crippen LogP contribution in [0.15, 0.2) is 67.0 Å². The van der Waals surface area contributed by atoms with Gasteiger partial charge in [0.25, 0.3) is 5.91 Å². The topological polar surface area (TPSA) is 104 Å². The van der Waals surface area contributed by atoms with Gasteiger partial charge in [-0.05, 0) is 35.7 Å². The summed E-state index contributed by atoms with van der Waals surface area (Å²) in [4.78, 5) is 38.1. The number of carbonyl (C=O) groups excluding carboxylic acids is 2. The van der Waals surface area contributed by atoms with Crippen LogP contribution in [0.3, 0.4) is 0 Å². The second kappa shape index (κ2) is 8.11. The first-order valence-corrected chi connectivity index (χ1v) is 11.9. The number of aromatic nitrogens is 2. The van der Waals surface area contributed by atoms with Gasteiger partial charge in [0.2, 0.25) is 0 Å².